The van der Waals surface area contributed by atoms with Crippen LogP contribution in [-0.4, -0.2) is 17.0 Å². The fraction of sp³-hybridized carbons (Fsp3) is 0.952. The lowest BCUT2D eigenvalue weighted by molar-refractivity contribution is -0.158. The first-order chi connectivity index (χ1) is 11.1. The average Bonchev–Trinajstić information content (AvgIpc) is 2.88. The van der Waals surface area contributed by atoms with Crippen molar-refractivity contribution in [2.45, 2.75) is 83.7 Å². The fourth-order valence-electron chi connectivity index (χ4n) is 8.36. The zero-order valence-corrected chi connectivity index (χ0v) is 14.6. The predicted molar refractivity (Wildman–Crippen MR) is 89.8 cm³/mol. The van der Waals surface area contributed by atoms with Gasteiger partial charge in [-0.3, -0.25) is 4.79 Å². The van der Waals surface area contributed by atoms with Crippen LogP contribution in [0.3, 0.4) is 0 Å². The Morgan fingerprint density at radius 2 is 1.74 bits per heavy atom. The Bertz CT molecular complexity index is 528. The Morgan fingerprint density at radius 3 is 2.48 bits per heavy atom. The van der Waals surface area contributed by atoms with Crippen LogP contribution in [0.4, 0.5) is 0 Å². The molecule has 0 aromatic carbocycles. The molecule has 2 heteroatoms. The minimum Gasteiger partial charge on any atom is -0.393 e. The van der Waals surface area contributed by atoms with Crippen molar-refractivity contribution >= 4 is 5.78 Å². The average molecular weight is 316 g/mol. The number of Topliss-reactive ketones (excluding diaryl/α,β-unsaturated/α-hetero) is 1. The first-order valence-electron chi connectivity index (χ1n) is 10.3. The number of carbonyl (C=O) groups excluding carboxylic acids is 1. The van der Waals surface area contributed by atoms with Gasteiger partial charge in [-0.2, -0.15) is 0 Å². The number of hydrogen-bond acceptors (Lipinski definition) is 2. The molecule has 0 amide bonds. The summed E-state index contributed by atoms with van der Waals surface area (Å²) in [6.45, 7) is 2.49. The van der Waals surface area contributed by atoms with Crippen molar-refractivity contribution in [2.24, 2.45) is 40.4 Å². The van der Waals surface area contributed by atoms with E-state index in [1.165, 1.54) is 51.4 Å². The lowest BCUT2D eigenvalue weighted by Crippen LogP contribution is -2.56. The lowest BCUT2D eigenvalue weighted by atomic mass is 9.44. The van der Waals surface area contributed by atoms with Gasteiger partial charge in [-0.05, 0) is 99.2 Å². The first-order valence-corrected chi connectivity index (χ1v) is 10.3. The van der Waals surface area contributed by atoms with E-state index in [2.05, 4.69) is 6.92 Å². The van der Waals surface area contributed by atoms with Crippen LogP contribution in [0.2, 0.25) is 0 Å². The van der Waals surface area contributed by atoms with E-state index in [0.717, 1.165) is 48.9 Å². The van der Waals surface area contributed by atoms with Gasteiger partial charge in [0.15, 0.2) is 0 Å². The second-order valence-electron chi connectivity index (χ2n) is 9.90. The Balaban J connectivity index is 1.42. The minimum atomic E-state index is -0.0241. The fourth-order valence-corrected chi connectivity index (χ4v) is 8.36. The summed E-state index contributed by atoms with van der Waals surface area (Å²) >= 11 is 0. The number of aliphatic hydroxyl groups is 1. The molecule has 0 aromatic rings. The highest BCUT2D eigenvalue weighted by atomic mass is 16.3. The van der Waals surface area contributed by atoms with Gasteiger partial charge in [0.2, 0.25) is 0 Å². The maximum atomic E-state index is 12.5. The Labute approximate surface area is 140 Å². The molecule has 0 unspecified atom stereocenters. The van der Waals surface area contributed by atoms with Gasteiger partial charge in [0.25, 0.3) is 0 Å². The molecule has 0 aromatic heterocycles. The molecule has 5 aliphatic carbocycles. The molecule has 5 rings (SSSR count). The number of aliphatic hydroxyl groups excluding tert-OH is 1. The van der Waals surface area contributed by atoms with E-state index < -0.39 is 0 Å². The van der Waals surface area contributed by atoms with Gasteiger partial charge < -0.3 is 5.11 Å². The van der Waals surface area contributed by atoms with Crippen molar-refractivity contribution in [1.82, 2.24) is 0 Å². The summed E-state index contributed by atoms with van der Waals surface area (Å²) in [5.74, 6) is 4.90. The largest absolute Gasteiger partial charge is 0.393 e. The standard InChI is InChI=1S/C21H32O2/c1-20-9-6-16-15-5-3-14(22)12-13(15)2-4-17(16)18(20)7-10-21(20)11-8-19(21)23/h13-18,22H,2-12H2,1H3/t13-,14+,15-,16+,17+,18-,20-,21-/m0/s1. The summed E-state index contributed by atoms with van der Waals surface area (Å²) in [5.41, 5.74) is 0.423. The van der Waals surface area contributed by atoms with Crippen LogP contribution >= 0.6 is 0 Å². The molecule has 5 aliphatic rings. The van der Waals surface area contributed by atoms with Crippen molar-refractivity contribution in [3.05, 3.63) is 0 Å². The van der Waals surface area contributed by atoms with Gasteiger partial charge in [-0.1, -0.05) is 6.92 Å². The highest BCUT2D eigenvalue weighted by Crippen LogP contribution is 2.72. The van der Waals surface area contributed by atoms with Crippen LogP contribution in [0.15, 0.2) is 0 Å². The lowest BCUT2D eigenvalue weighted by Gasteiger charge is -2.59. The number of rotatable bonds is 0. The van der Waals surface area contributed by atoms with Gasteiger partial charge in [0.05, 0.1) is 6.10 Å². The van der Waals surface area contributed by atoms with Crippen molar-refractivity contribution in [1.29, 1.82) is 0 Å². The number of carbonyl (C=O) groups is 1. The normalized spacial score (nSPS) is 58.3. The van der Waals surface area contributed by atoms with Crippen molar-refractivity contribution in [3.63, 3.8) is 0 Å². The van der Waals surface area contributed by atoms with Crippen LogP contribution < -0.4 is 0 Å². The molecule has 5 fully saturated rings. The monoisotopic (exact) mass is 316 g/mol. The first kappa shape index (κ1) is 14.9. The van der Waals surface area contributed by atoms with Crippen molar-refractivity contribution < 1.29 is 9.90 Å². The van der Waals surface area contributed by atoms with Crippen LogP contribution in [-0.2, 0) is 4.79 Å². The maximum Gasteiger partial charge on any atom is 0.139 e. The Hall–Kier alpha value is -0.370. The van der Waals surface area contributed by atoms with Crippen LogP contribution in [0, 0.1) is 40.4 Å². The van der Waals surface area contributed by atoms with E-state index in [4.69, 9.17) is 0 Å². The molecule has 0 aliphatic heterocycles. The summed E-state index contributed by atoms with van der Waals surface area (Å²) in [7, 11) is 0. The van der Waals surface area contributed by atoms with Crippen molar-refractivity contribution in [2.75, 3.05) is 0 Å². The molecule has 0 saturated heterocycles. The summed E-state index contributed by atoms with van der Waals surface area (Å²) < 4.78 is 0. The minimum absolute atomic E-state index is 0.0241. The molecule has 1 spiro atoms. The molecule has 0 bridgehead atoms. The highest BCUT2D eigenvalue weighted by Gasteiger charge is 2.67. The molecular formula is C21H32O2. The molecule has 23 heavy (non-hydrogen) atoms. The summed E-state index contributed by atoms with van der Waals surface area (Å²) in [4.78, 5) is 12.5. The van der Waals surface area contributed by atoms with E-state index in [1.54, 1.807) is 0 Å². The van der Waals surface area contributed by atoms with Gasteiger partial charge in [0.1, 0.15) is 5.78 Å². The van der Waals surface area contributed by atoms with Gasteiger partial charge in [-0.25, -0.2) is 0 Å². The van der Waals surface area contributed by atoms with E-state index >= 15 is 0 Å². The Kier molecular flexibility index (Phi) is 3.14. The third kappa shape index (κ3) is 1.77. The third-order valence-electron chi connectivity index (χ3n) is 9.60. The molecular weight excluding hydrogens is 284 g/mol. The van der Waals surface area contributed by atoms with E-state index in [1.807, 2.05) is 0 Å². The topological polar surface area (TPSA) is 37.3 Å². The molecule has 0 heterocycles. The van der Waals surface area contributed by atoms with Gasteiger partial charge >= 0.3 is 0 Å². The zero-order valence-electron chi connectivity index (χ0n) is 14.6. The van der Waals surface area contributed by atoms with E-state index in [-0.39, 0.29) is 11.5 Å². The maximum absolute atomic E-state index is 12.5. The predicted octanol–water partition coefficient (Wildman–Crippen LogP) is 4.35. The summed E-state index contributed by atoms with van der Waals surface area (Å²) in [5, 5.41) is 10.0. The van der Waals surface area contributed by atoms with Crippen molar-refractivity contribution in [3.8, 4) is 0 Å². The highest BCUT2D eigenvalue weighted by molar-refractivity contribution is 5.91. The number of ketones is 1. The van der Waals surface area contributed by atoms with Crippen LogP contribution in [0.1, 0.15) is 77.6 Å². The smallest absolute Gasteiger partial charge is 0.139 e. The molecule has 8 atom stereocenters. The molecule has 0 radical (unpaired) electrons. The molecule has 128 valence electrons. The Morgan fingerprint density at radius 1 is 0.913 bits per heavy atom. The second kappa shape index (κ2) is 4.84. The second-order valence-corrected chi connectivity index (χ2v) is 9.90. The number of hydrogen-bond donors (Lipinski definition) is 1. The van der Waals surface area contributed by atoms with Gasteiger partial charge in [0, 0.05) is 11.8 Å². The molecule has 1 N–H and O–H groups in total. The summed E-state index contributed by atoms with van der Waals surface area (Å²) in [6, 6.07) is 0. The SMILES string of the molecule is C[C@]12CC[C@H]3[C@@H](CC[C@H]4C[C@H](O)CC[C@@H]43)[C@@H]1CC[C@@]21CCC1=O. The number of fused-ring (bicyclic) bond motifs is 6. The summed E-state index contributed by atoms with van der Waals surface area (Å²) in [6.07, 6.45) is 13.3. The quantitative estimate of drug-likeness (QED) is 0.721. The van der Waals surface area contributed by atoms with Gasteiger partial charge in [-0.15, -0.1) is 0 Å². The zero-order chi connectivity index (χ0) is 15.8. The van der Waals surface area contributed by atoms with E-state index in [0.29, 0.717) is 11.2 Å². The molecule has 5 saturated carbocycles. The van der Waals surface area contributed by atoms with E-state index in [9.17, 15) is 9.90 Å². The van der Waals surface area contributed by atoms with Crippen LogP contribution in [0.25, 0.3) is 0 Å². The van der Waals surface area contributed by atoms with Crippen LogP contribution in [0.5, 0.6) is 0 Å². The third-order valence-corrected chi connectivity index (χ3v) is 9.60. The molecule has 2 nitrogen and oxygen atoms in total.